The van der Waals surface area contributed by atoms with Crippen molar-refractivity contribution in [3.05, 3.63) is 12.7 Å². The SMILES string of the molecule is C=CCNC(=O)C(=O)C(CCC)NC(=O)C1CCCN1C(=O)C(NC(=O)NC(CC)C(C)C)C(C)(C)C. The van der Waals surface area contributed by atoms with Crippen LogP contribution in [-0.4, -0.2) is 71.7 Å². The number of urea groups is 1. The monoisotopic (exact) mass is 521 g/mol. The minimum Gasteiger partial charge on any atom is -0.346 e. The van der Waals surface area contributed by atoms with Crippen LogP contribution < -0.4 is 21.3 Å². The molecule has 0 bridgehead atoms. The Morgan fingerprint density at radius 3 is 2.22 bits per heavy atom. The number of Topliss-reactive ketones (excluding diaryl/α,β-unsaturated/α-hetero) is 1. The smallest absolute Gasteiger partial charge is 0.315 e. The first-order chi connectivity index (χ1) is 17.3. The van der Waals surface area contributed by atoms with Gasteiger partial charge in [-0.05, 0) is 37.0 Å². The van der Waals surface area contributed by atoms with Gasteiger partial charge in [-0.1, -0.05) is 61.0 Å². The summed E-state index contributed by atoms with van der Waals surface area (Å²) in [6.07, 6.45) is 4.15. The van der Waals surface area contributed by atoms with Crippen LogP contribution in [0.5, 0.6) is 0 Å². The molecular formula is C27H47N5O5. The first-order valence-corrected chi connectivity index (χ1v) is 13.4. The van der Waals surface area contributed by atoms with Crippen molar-refractivity contribution in [2.24, 2.45) is 11.3 Å². The van der Waals surface area contributed by atoms with Crippen molar-refractivity contribution >= 4 is 29.5 Å². The van der Waals surface area contributed by atoms with E-state index in [9.17, 15) is 24.0 Å². The Kier molecular flexibility index (Phi) is 12.8. The van der Waals surface area contributed by atoms with E-state index in [1.54, 1.807) is 0 Å². The van der Waals surface area contributed by atoms with Crippen LogP contribution in [0.15, 0.2) is 12.7 Å². The number of rotatable bonds is 13. The molecule has 0 aromatic heterocycles. The first kappa shape index (κ1) is 32.1. The molecule has 0 aliphatic carbocycles. The maximum atomic E-state index is 13.7. The van der Waals surface area contributed by atoms with E-state index in [0.29, 0.717) is 32.2 Å². The highest BCUT2D eigenvalue weighted by atomic mass is 16.2. The van der Waals surface area contributed by atoms with Crippen LogP contribution >= 0.6 is 0 Å². The molecule has 1 fully saturated rings. The molecule has 10 nitrogen and oxygen atoms in total. The third-order valence-electron chi connectivity index (χ3n) is 6.63. The second-order valence-electron chi connectivity index (χ2n) is 11.1. The fourth-order valence-corrected chi connectivity index (χ4v) is 4.43. The number of nitrogens with one attached hydrogen (secondary N) is 4. The molecule has 210 valence electrons. The van der Waals surface area contributed by atoms with Crippen molar-refractivity contribution in [3.8, 4) is 0 Å². The van der Waals surface area contributed by atoms with Gasteiger partial charge in [0.05, 0.1) is 6.04 Å². The molecule has 0 aromatic rings. The van der Waals surface area contributed by atoms with Crippen molar-refractivity contribution in [1.82, 2.24) is 26.2 Å². The molecule has 0 spiro atoms. The molecule has 10 heteroatoms. The van der Waals surface area contributed by atoms with Gasteiger partial charge in [-0.15, -0.1) is 6.58 Å². The van der Waals surface area contributed by atoms with Crippen molar-refractivity contribution in [1.29, 1.82) is 0 Å². The van der Waals surface area contributed by atoms with E-state index >= 15 is 0 Å². The summed E-state index contributed by atoms with van der Waals surface area (Å²) in [7, 11) is 0. The quantitative estimate of drug-likeness (QED) is 0.218. The minimum absolute atomic E-state index is 0.0299. The summed E-state index contributed by atoms with van der Waals surface area (Å²) in [4.78, 5) is 66.0. The Bertz CT molecular complexity index is 836. The summed E-state index contributed by atoms with van der Waals surface area (Å²) in [6, 6.07) is -3.08. The summed E-state index contributed by atoms with van der Waals surface area (Å²) in [6.45, 7) is 17.5. The van der Waals surface area contributed by atoms with E-state index < -0.39 is 47.2 Å². The van der Waals surface area contributed by atoms with Gasteiger partial charge in [0.15, 0.2) is 0 Å². The van der Waals surface area contributed by atoms with Gasteiger partial charge < -0.3 is 26.2 Å². The highest BCUT2D eigenvalue weighted by Gasteiger charge is 2.42. The summed E-state index contributed by atoms with van der Waals surface area (Å²) >= 11 is 0. The lowest BCUT2D eigenvalue weighted by Crippen LogP contribution is -2.60. The summed E-state index contributed by atoms with van der Waals surface area (Å²) in [5.74, 6) is -2.09. The molecule has 0 radical (unpaired) electrons. The fourth-order valence-electron chi connectivity index (χ4n) is 4.43. The molecule has 0 saturated carbocycles. The third kappa shape index (κ3) is 9.48. The van der Waals surface area contributed by atoms with Crippen LogP contribution in [0.3, 0.4) is 0 Å². The Morgan fingerprint density at radius 1 is 1.05 bits per heavy atom. The van der Waals surface area contributed by atoms with Crippen LogP contribution in [0.2, 0.25) is 0 Å². The van der Waals surface area contributed by atoms with E-state index in [0.717, 1.165) is 6.42 Å². The normalized spacial score (nSPS) is 17.9. The second-order valence-corrected chi connectivity index (χ2v) is 11.1. The zero-order valence-corrected chi connectivity index (χ0v) is 23.6. The topological polar surface area (TPSA) is 137 Å². The van der Waals surface area contributed by atoms with Crippen molar-refractivity contribution < 1.29 is 24.0 Å². The molecule has 1 heterocycles. The Labute approximate surface area is 221 Å². The largest absolute Gasteiger partial charge is 0.346 e. The zero-order chi connectivity index (χ0) is 28.3. The Hall–Kier alpha value is -2.91. The maximum absolute atomic E-state index is 13.7. The molecule has 1 aliphatic rings. The van der Waals surface area contributed by atoms with Gasteiger partial charge in [0, 0.05) is 19.1 Å². The molecule has 4 unspecified atom stereocenters. The van der Waals surface area contributed by atoms with Gasteiger partial charge >= 0.3 is 6.03 Å². The number of amides is 5. The van der Waals surface area contributed by atoms with E-state index in [1.807, 2.05) is 48.5 Å². The maximum Gasteiger partial charge on any atom is 0.315 e. The van der Waals surface area contributed by atoms with E-state index in [1.165, 1.54) is 11.0 Å². The lowest BCUT2D eigenvalue weighted by atomic mass is 9.85. The van der Waals surface area contributed by atoms with E-state index in [4.69, 9.17) is 0 Å². The molecule has 0 aromatic carbocycles. The summed E-state index contributed by atoms with van der Waals surface area (Å²) in [5, 5.41) is 10.9. The van der Waals surface area contributed by atoms with Crippen LogP contribution in [0.4, 0.5) is 4.79 Å². The minimum atomic E-state index is -0.982. The van der Waals surface area contributed by atoms with Gasteiger partial charge in [-0.3, -0.25) is 19.2 Å². The fraction of sp³-hybridized carbons (Fsp3) is 0.741. The lowest BCUT2D eigenvalue weighted by Gasteiger charge is -2.36. The molecule has 1 aliphatic heterocycles. The number of carbonyl (C=O) groups is 5. The van der Waals surface area contributed by atoms with Crippen LogP contribution in [-0.2, 0) is 19.2 Å². The predicted molar refractivity (Wildman–Crippen MR) is 144 cm³/mol. The summed E-state index contributed by atoms with van der Waals surface area (Å²) < 4.78 is 0. The average molecular weight is 522 g/mol. The van der Waals surface area contributed by atoms with E-state index in [2.05, 4.69) is 27.8 Å². The number of ketones is 1. The Morgan fingerprint density at radius 2 is 1.70 bits per heavy atom. The zero-order valence-electron chi connectivity index (χ0n) is 23.6. The standard InChI is InChI=1S/C27H47N5O5/c1-9-13-19(21(33)24(35)28-15-10-2)29-23(34)20-14-12-16-32(20)25(36)22(27(6,7)8)31-26(37)30-18(11-3)17(4)5/h10,17-20,22H,2,9,11-16H2,1,3-8H3,(H,28,35)(H,29,34)(H2,30,31,37). The van der Waals surface area contributed by atoms with Crippen molar-refractivity contribution in [2.75, 3.05) is 13.1 Å². The third-order valence-corrected chi connectivity index (χ3v) is 6.63. The van der Waals surface area contributed by atoms with Crippen molar-refractivity contribution in [2.45, 2.75) is 105 Å². The number of carbonyl (C=O) groups excluding carboxylic acids is 5. The molecule has 4 N–H and O–H groups in total. The number of hydrogen-bond donors (Lipinski definition) is 4. The Balaban J connectivity index is 3.03. The molecule has 1 rings (SSSR count). The molecule has 5 amide bonds. The van der Waals surface area contributed by atoms with Gasteiger partial charge in [-0.2, -0.15) is 0 Å². The number of hydrogen-bond acceptors (Lipinski definition) is 5. The predicted octanol–water partition coefficient (Wildman–Crippen LogP) is 2.28. The van der Waals surface area contributed by atoms with Gasteiger partial charge in [0.2, 0.25) is 17.6 Å². The summed E-state index contributed by atoms with van der Waals surface area (Å²) in [5.41, 5.74) is -0.610. The number of nitrogens with zero attached hydrogens (tertiary/aromatic N) is 1. The first-order valence-electron chi connectivity index (χ1n) is 13.4. The highest BCUT2D eigenvalue weighted by Crippen LogP contribution is 2.26. The molecule has 37 heavy (non-hydrogen) atoms. The van der Waals surface area contributed by atoms with Gasteiger partial charge in [0.1, 0.15) is 12.1 Å². The molecule has 4 atom stereocenters. The highest BCUT2D eigenvalue weighted by molar-refractivity contribution is 6.38. The van der Waals surface area contributed by atoms with Crippen LogP contribution in [0, 0.1) is 11.3 Å². The second kappa shape index (κ2) is 14.7. The van der Waals surface area contributed by atoms with Gasteiger partial charge in [0.25, 0.3) is 5.91 Å². The van der Waals surface area contributed by atoms with Crippen LogP contribution in [0.25, 0.3) is 0 Å². The average Bonchev–Trinajstić information content (AvgIpc) is 3.32. The van der Waals surface area contributed by atoms with Gasteiger partial charge in [-0.25, -0.2) is 4.79 Å². The molecule has 1 saturated heterocycles. The van der Waals surface area contributed by atoms with Crippen molar-refractivity contribution in [3.63, 3.8) is 0 Å². The lowest BCUT2D eigenvalue weighted by molar-refractivity contribution is -0.143. The molecular weight excluding hydrogens is 474 g/mol. The van der Waals surface area contributed by atoms with Crippen LogP contribution in [0.1, 0.15) is 80.6 Å². The number of likely N-dealkylation sites (tertiary alicyclic amines) is 1. The van der Waals surface area contributed by atoms with E-state index in [-0.39, 0.29) is 24.4 Å².